The van der Waals surface area contributed by atoms with Crippen molar-refractivity contribution in [2.24, 2.45) is 29.4 Å². The second-order valence-corrected chi connectivity index (χ2v) is 28.1. The van der Waals surface area contributed by atoms with Gasteiger partial charge in [-0.2, -0.15) is 0 Å². The Bertz CT molecular complexity index is 3220. The van der Waals surface area contributed by atoms with Crippen LogP contribution in [0.4, 0.5) is 0 Å². The fourth-order valence-electron chi connectivity index (χ4n) is 12.9. The van der Waals surface area contributed by atoms with Crippen LogP contribution in [-0.4, -0.2) is 123 Å². The molecule has 18 heteroatoms. The van der Waals surface area contributed by atoms with E-state index in [1.165, 1.54) is 11.0 Å². The van der Waals surface area contributed by atoms with Crippen LogP contribution in [0, 0.1) is 30.6 Å². The van der Waals surface area contributed by atoms with Crippen LogP contribution in [-0.2, 0) is 30.2 Å². The number of carbonyl (C=O) groups excluding carboxylic acids is 5. The average molecular weight is 1060 g/mol. The number of likely N-dealkylation sites (N-methyl/N-ethyl adjacent to an activating group) is 1. The highest BCUT2D eigenvalue weighted by atomic mass is 28.4. The number of aliphatic hydroxyl groups is 4. The summed E-state index contributed by atoms with van der Waals surface area (Å²) in [6, 6.07) is 18.7. The number of hydrogen-bond donors (Lipinski definition) is 6. The second-order valence-electron chi connectivity index (χ2n) is 23.4. The van der Waals surface area contributed by atoms with Gasteiger partial charge in [-0.3, -0.25) is 33.8 Å². The summed E-state index contributed by atoms with van der Waals surface area (Å²) in [6.07, 6.45) is 0.520. The van der Waals surface area contributed by atoms with E-state index < -0.39 is 95.5 Å². The Kier molecular flexibility index (Phi) is 13.4. The largest absolute Gasteiger partial charge is 0.508 e. The summed E-state index contributed by atoms with van der Waals surface area (Å²) < 4.78 is 19.3. The number of phenolic OH excluding ortho intramolecular Hbond substituents is 1. The molecular weight excluding hydrogens is 989 g/mol. The number of fused-ring (bicyclic) bond motifs is 7. The van der Waals surface area contributed by atoms with Crippen molar-refractivity contribution in [1.29, 1.82) is 0 Å². The van der Waals surface area contributed by atoms with E-state index in [-0.39, 0.29) is 75.5 Å². The number of aliphatic hydroxyl groups excluding tert-OH is 3. The minimum absolute atomic E-state index is 0.0428. The van der Waals surface area contributed by atoms with Crippen molar-refractivity contribution in [3.8, 4) is 11.6 Å². The summed E-state index contributed by atoms with van der Waals surface area (Å²) in [7, 11) is 4.19. The topological polar surface area (TPSA) is 263 Å². The number of aryl methyl sites for hydroxylation is 1. The van der Waals surface area contributed by atoms with E-state index in [2.05, 4.69) is 45.9 Å². The minimum atomic E-state index is -2.78. The molecule has 76 heavy (non-hydrogen) atoms. The van der Waals surface area contributed by atoms with Crippen LogP contribution in [0.15, 0.2) is 93.7 Å². The molecule has 0 unspecified atom stereocenters. The fraction of sp³-hybridized carbons (Fsp3) is 0.448. The number of aromatic hydroxyl groups is 1. The van der Waals surface area contributed by atoms with E-state index in [1.54, 1.807) is 26.2 Å². The Hall–Kier alpha value is -6.70. The highest BCUT2D eigenvalue weighted by molar-refractivity contribution is 6.74. The van der Waals surface area contributed by atoms with Crippen LogP contribution in [0.3, 0.4) is 0 Å². The molecule has 0 aliphatic heterocycles. The standard InChI is InChI=1S/C36H44N2O6Si.C22H24N2O7/c1-20-14-13-17-23-21(2)24-18-25-29(38(6)7)31-28(34(37-43-31)42-19-22-15-11-10-12-16-22)33(41)36(25,44-45(8,9)35(3,4)5)32(40)27(24)30(39)26(20)23;1-8-9-5-4-6-12(25)13(9)17(26)14-10(8)7-11-16(24(2)3)18(27)15(21(23)30)20(29)22(11,31)19(14)28/h10-17,21,24-25,29,39H,18-19H2,1-9H3;4-6,8,10-11,16,25-26,29,31H,7H2,1-3H3,(H2,23,30)/t21-,24+,25-,29-,36-;8-,10+,11-,16-,22-/m00/s1. The van der Waals surface area contributed by atoms with Crippen molar-refractivity contribution >= 4 is 48.9 Å². The number of aromatic nitrogens is 1. The van der Waals surface area contributed by atoms with E-state index in [1.807, 2.05) is 81.4 Å². The van der Waals surface area contributed by atoms with Gasteiger partial charge in [-0.1, -0.05) is 95.3 Å². The molecule has 1 aromatic heterocycles. The molecule has 0 radical (unpaired) electrons. The lowest BCUT2D eigenvalue weighted by Gasteiger charge is -2.55. The van der Waals surface area contributed by atoms with Gasteiger partial charge in [-0.15, -0.1) is 0 Å². The number of ether oxygens (including phenoxy) is 1. The summed E-state index contributed by atoms with van der Waals surface area (Å²) >= 11 is 0. The Labute approximate surface area is 442 Å². The summed E-state index contributed by atoms with van der Waals surface area (Å²) in [4.78, 5) is 72.5. The molecule has 0 bridgehead atoms. The van der Waals surface area contributed by atoms with Gasteiger partial charge in [0.1, 0.15) is 40.8 Å². The number of phenols is 1. The number of benzene rings is 3. The first-order valence-corrected chi connectivity index (χ1v) is 28.6. The number of hydrogen-bond acceptors (Lipinski definition) is 16. The van der Waals surface area contributed by atoms with Gasteiger partial charge in [-0.25, -0.2) is 0 Å². The summed E-state index contributed by atoms with van der Waals surface area (Å²) in [5, 5.41) is 59.3. The summed E-state index contributed by atoms with van der Waals surface area (Å²) in [6.45, 7) is 16.4. The zero-order chi connectivity index (χ0) is 55.6. The molecule has 10 atom stereocenters. The van der Waals surface area contributed by atoms with Crippen LogP contribution < -0.4 is 10.5 Å². The molecular formula is C58H68N4O13Si. The van der Waals surface area contributed by atoms with Gasteiger partial charge in [0.15, 0.2) is 31.1 Å². The Morgan fingerprint density at radius 2 is 1.32 bits per heavy atom. The summed E-state index contributed by atoms with van der Waals surface area (Å²) in [5.41, 5.74) is 4.44. The molecule has 4 aromatic rings. The molecule has 1 heterocycles. The molecule has 6 aliphatic carbocycles. The van der Waals surface area contributed by atoms with Gasteiger partial charge in [-0.05, 0) is 123 Å². The number of primary amides is 1. The van der Waals surface area contributed by atoms with E-state index in [0.717, 1.165) is 16.7 Å². The van der Waals surface area contributed by atoms with Crippen LogP contribution in [0.5, 0.6) is 11.6 Å². The summed E-state index contributed by atoms with van der Waals surface area (Å²) in [5.74, 6) is -8.32. The molecule has 402 valence electrons. The number of nitrogens with two attached hydrogens (primary N) is 1. The van der Waals surface area contributed by atoms with Gasteiger partial charge in [0.2, 0.25) is 17.3 Å². The molecule has 0 saturated heterocycles. The second kappa shape index (κ2) is 18.8. The van der Waals surface area contributed by atoms with Gasteiger partial charge >= 0.3 is 0 Å². The molecule has 0 spiro atoms. The fourth-order valence-corrected chi connectivity index (χ4v) is 14.4. The number of amides is 1. The van der Waals surface area contributed by atoms with E-state index >= 15 is 9.59 Å². The minimum Gasteiger partial charge on any atom is -0.508 e. The molecule has 17 nitrogen and oxygen atoms in total. The third-order valence-electron chi connectivity index (χ3n) is 17.7. The van der Waals surface area contributed by atoms with Crippen molar-refractivity contribution in [1.82, 2.24) is 15.0 Å². The van der Waals surface area contributed by atoms with Crippen molar-refractivity contribution in [2.45, 2.75) is 114 Å². The maximum atomic E-state index is 15.3. The molecule has 2 saturated carbocycles. The molecule has 10 rings (SSSR count). The molecule has 2 fully saturated rings. The Balaban J connectivity index is 0.000000199. The zero-order valence-electron chi connectivity index (χ0n) is 45.0. The predicted molar refractivity (Wildman–Crippen MR) is 284 cm³/mol. The molecule has 6 aliphatic rings. The zero-order valence-corrected chi connectivity index (χ0v) is 46.0. The number of nitrogens with zero attached hydrogens (tertiary/aromatic N) is 3. The Morgan fingerprint density at radius 3 is 1.89 bits per heavy atom. The van der Waals surface area contributed by atoms with Gasteiger partial charge in [0.25, 0.3) is 11.8 Å². The van der Waals surface area contributed by atoms with Gasteiger partial charge in [0.05, 0.1) is 17.6 Å². The average Bonchev–Trinajstić information content (AvgIpc) is 3.76. The smallest absolute Gasteiger partial charge is 0.265 e. The molecule has 1 amide bonds. The highest BCUT2D eigenvalue weighted by Crippen LogP contribution is 2.61. The van der Waals surface area contributed by atoms with E-state index in [0.29, 0.717) is 23.3 Å². The maximum Gasteiger partial charge on any atom is 0.265 e. The van der Waals surface area contributed by atoms with Crippen molar-refractivity contribution in [2.75, 3.05) is 28.2 Å². The lowest BCUT2D eigenvalue weighted by molar-refractivity contribution is -0.154. The van der Waals surface area contributed by atoms with Gasteiger partial charge < -0.3 is 45.0 Å². The van der Waals surface area contributed by atoms with Crippen LogP contribution in [0.25, 0.3) is 11.5 Å². The van der Waals surface area contributed by atoms with Crippen molar-refractivity contribution < 1.29 is 63.2 Å². The maximum absolute atomic E-state index is 15.3. The first-order chi connectivity index (χ1) is 35.6. The van der Waals surface area contributed by atoms with Crippen molar-refractivity contribution in [3.05, 3.63) is 134 Å². The third kappa shape index (κ3) is 7.84. The predicted octanol–water partition coefficient (Wildman–Crippen LogP) is 7.94. The first kappa shape index (κ1) is 54.1. The number of Topliss-reactive ketones (excluding diaryl/α,β-unsaturated/α-hetero) is 4. The van der Waals surface area contributed by atoms with Crippen molar-refractivity contribution in [3.63, 3.8) is 0 Å². The highest BCUT2D eigenvalue weighted by Gasteiger charge is 2.70. The SMILES string of the molecule is C[C@H]1c2cccc(O)c2C(O)=C2C(=O)[C@]3(O)C(O)=C(C(N)=O)C(=O)[C@@H](N(C)C)[C@@H]3C[C@@H]21.Cc1cccc2c1C(O)=C1C(=O)[C@]3(O[Si](C)(C)C(C)(C)C)C(=O)c4c(OCc5ccccc5)noc4[C@@H](N(C)C)[C@@H]3C[C@@H]1[C@H]2C. The van der Waals surface area contributed by atoms with Gasteiger partial charge in [0, 0.05) is 28.5 Å². The lowest BCUT2D eigenvalue weighted by Crippen LogP contribution is -2.68. The molecule has 7 N–H and O–H groups in total. The third-order valence-corrected chi connectivity index (χ3v) is 22.2. The Morgan fingerprint density at radius 1 is 0.763 bits per heavy atom. The first-order valence-electron chi connectivity index (χ1n) is 25.7. The monoisotopic (exact) mass is 1060 g/mol. The van der Waals surface area contributed by atoms with Crippen LogP contribution >= 0.6 is 0 Å². The van der Waals surface area contributed by atoms with Crippen LogP contribution in [0.2, 0.25) is 18.1 Å². The number of rotatable bonds is 8. The van der Waals surface area contributed by atoms with E-state index in [4.69, 9.17) is 19.4 Å². The lowest BCUT2D eigenvalue weighted by atomic mass is 9.55. The molecule has 3 aromatic carbocycles. The van der Waals surface area contributed by atoms with E-state index in [9.17, 15) is 39.9 Å². The van der Waals surface area contributed by atoms with Crippen LogP contribution in [0.1, 0.15) is 115 Å². The number of ketones is 4. The normalized spacial score (nSPS) is 28.9. The number of carbonyl (C=O) groups is 5. The quantitative estimate of drug-likeness (QED) is 0.0556.